The van der Waals surface area contributed by atoms with Gasteiger partial charge in [0.05, 0.1) is 11.1 Å². The van der Waals surface area contributed by atoms with Crippen molar-refractivity contribution in [2.75, 3.05) is 18.4 Å². The molecule has 2 aromatic carbocycles. The first-order valence-corrected chi connectivity index (χ1v) is 10.9. The van der Waals surface area contributed by atoms with Crippen molar-refractivity contribution < 1.29 is 0 Å². The largest absolute Gasteiger partial charge is 0.340 e. The van der Waals surface area contributed by atoms with E-state index in [2.05, 4.69) is 39.9 Å². The molecule has 0 aliphatic carbocycles. The van der Waals surface area contributed by atoms with E-state index in [1.165, 1.54) is 5.56 Å². The maximum atomic E-state index is 12.6. The molecule has 0 saturated carbocycles. The van der Waals surface area contributed by atoms with Gasteiger partial charge in [-0.1, -0.05) is 41.9 Å². The molecule has 1 saturated heterocycles. The van der Waals surface area contributed by atoms with Crippen molar-refractivity contribution in [1.82, 2.24) is 15.3 Å². The maximum absolute atomic E-state index is 12.6. The first kappa shape index (κ1) is 19.8. The number of fused-ring (bicyclic) bond motifs is 1. The minimum absolute atomic E-state index is 0.176. The Bertz CT molecular complexity index is 1280. The van der Waals surface area contributed by atoms with Crippen LogP contribution in [-0.2, 0) is 0 Å². The molecule has 156 valence electrons. The van der Waals surface area contributed by atoms with Crippen molar-refractivity contribution in [1.29, 1.82) is 0 Å². The summed E-state index contributed by atoms with van der Waals surface area (Å²) in [6.07, 6.45) is 3.97. The number of aromatic nitrogens is 2. The Morgan fingerprint density at radius 1 is 1.00 bits per heavy atom. The lowest BCUT2D eigenvalue weighted by molar-refractivity contribution is 0.460. The molecule has 5 nitrogen and oxygen atoms in total. The van der Waals surface area contributed by atoms with Crippen LogP contribution in [0.1, 0.15) is 24.3 Å². The summed E-state index contributed by atoms with van der Waals surface area (Å²) < 4.78 is 0. The zero-order valence-corrected chi connectivity index (χ0v) is 17.7. The number of H-pyrrole nitrogens is 1. The van der Waals surface area contributed by atoms with Crippen molar-refractivity contribution in [2.24, 2.45) is 0 Å². The fraction of sp³-hybridized carbons (Fsp3) is 0.200. The van der Waals surface area contributed by atoms with E-state index in [4.69, 9.17) is 16.6 Å². The molecule has 0 atom stereocenters. The predicted molar refractivity (Wildman–Crippen MR) is 127 cm³/mol. The standard InChI is InChI=1S/C25H23ClN4O/c26-21-4-2-1-3-20(21)22-15-18-11-14-28-25(31)23(18)24(30-22)29-19-7-5-16(6-8-19)17-9-12-27-13-10-17/h1-8,11,14-15,17,27H,9-10,12-13H2,(H,28,31)(H,29,30). The maximum Gasteiger partial charge on any atom is 0.259 e. The van der Waals surface area contributed by atoms with Crippen molar-refractivity contribution in [3.63, 3.8) is 0 Å². The molecule has 0 unspecified atom stereocenters. The second-order valence-electron chi connectivity index (χ2n) is 7.88. The molecule has 3 N–H and O–H groups in total. The Morgan fingerprint density at radius 3 is 2.55 bits per heavy atom. The second kappa shape index (κ2) is 8.53. The second-order valence-corrected chi connectivity index (χ2v) is 8.29. The molecule has 1 aliphatic rings. The molecule has 6 heteroatoms. The third-order valence-electron chi connectivity index (χ3n) is 5.89. The number of piperidine rings is 1. The smallest absolute Gasteiger partial charge is 0.259 e. The van der Waals surface area contributed by atoms with Crippen molar-refractivity contribution in [2.45, 2.75) is 18.8 Å². The molecule has 0 amide bonds. The molecule has 5 rings (SSSR count). The molecule has 1 aliphatic heterocycles. The van der Waals surface area contributed by atoms with Crippen LogP contribution < -0.4 is 16.2 Å². The number of anilines is 2. The number of nitrogens with one attached hydrogen (secondary N) is 3. The average Bonchev–Trinajstić information content (AvgIpc) is 2.80. The molecular formula is C25H23ClN4O. The number of pyridine rings is 2. The summed E-state index contributed by atoms with van der Waals surface area (Å²) in [6, 6.07) is 19.8. The van der Waals surface area contributed by atoms with Crippen LogP contribution in [0, 0.1) is 0 Å². The number of halogens is 1. The number of hydrogen-bond donors (Lipinski definition) is 3. The van der Waals surface area contributed by atoms with Gasteiger partial charge in [0.25, 0.3) is 5.56 Å². The first-order valence-electron chi connectivity index (χ1n) is 10.5. The van der Waals surface area contributed by atoms with Gasteiger partial charge in [0.1, 0.15) is 5.82 Å². The zero-order chi connectivity index (χ0) is 21.2. The lowest BCUT2D eigenvalue weighted by Crippen LogP contribution is -2.26. The zero-order valence-electron chi connectivity index (χ0n) is 17.0. The van der Waals surface area contributed by atoms with Crippen LogP contribution in [0.3, 0.4) is 0 Å². The van der Waals surface area contributed by atoms with Crippen LogP contribution >= 0.6 is 11.6 Å². The van der Waals surface area contributed by atoms with E-state index in [1.54, 1.807) is 6.20 Å². The summed E-state index contributed by atoms with van der Waals surface area (Å²) in [7, 11) is 0. The molecule has 4 aromatic rings. The summed E-state index contributed by atoms with van der Waals surface area (Å²) >= 11 is 6.41. The van der Waals surface area contributed by atoms with Crippen LogP contribution in [0.25, 0.3) is 22.0 Å². The normalized spacial score (nSPS) is 14.6. The van der Waals surface area contributed by atoms with Gasteiger partial charge in [0.2, 0.25) is 0 Å². The summed E-state index contributed by atoms with van der Waals surface area (Å²) in [6.45, 7) is 2.14. The monoisotopic (exact) mass is 430 g/mol. The van der Waals surface area contributed by atoms with Gasteiger partial charge in [-0.3, -0.25) is 4.79 Å². The van der Waals surface area contributed by atoms with Gasteiger partial charge >= 0.3 is 0 Å². The Morgan fingerprint density at radius 2 is 1.77 bits per heavy atom. The Labute approximate surface area is 185 Å². The summed E-state index contributed by atoms with van der Waals surface area (Å²) in [4.78, 5) is 20.1. The highest BCUT2D eigenvalue weighted by Crippen LogP contribution is 2.32. The average molecular weight is 431 g/mol. The minimum atomic E-state index is -0.176. The van der Waals surface area contributed by atoms with Gasteiger partial charge in [-0.05, 0) is 73.1 Å². The molecule has 0 spiro atoms. The number of aromatic amines is 1. The molecule has 2 aromatic heterocycles. The van der Waals surface area contributed by atoms with Crippen LogP contribution in [0.5, 0.6) is 0 Å². The van der Waals surface area contributed by atoms with Gasteiger partial charge in [-0.2, -0.15) is 0 Å². The summed E-state index contributed by atoms with van der Waals surface area (Å²) in [5, 5.41) is 8.73. The van der Waals surface area contributed by atoms with Crippen LogP contribution in [0.2, 0.25) is 5.02 Å². The SMILES string of the molecule is O=c1[nH]ccc2cc(-c3ccccc3Cl)nc(Nc3ccc(C4CCNCC4)cc3)c12. The minimum Gasteiger partial charge on any atom is -0.340 e. The van der Waals surface area contributed by atoms with E-state index in [-0.39, 0.29) is 5.56 Å². The van der Waals surface area contributed by atoms with E-state index in [0.717, 1.165) is 48.3 Å². The molecule has 3 heterocycles. The summed E-state index contributed by atoms with van der Waals surface area (Å²) in [5.41, 5.74) is 3.62. The van der Waals surface area contributed by atoms with Gasteiger partial charge in [0.15, 0.2) is 0 Å². The third kappa shape index (κ3) is 4.07. The van der Waals surface area contributed by atoms with Gasteiger partial charge in [-0.25, -0.2) is 4.98 Å². The van der Waals surface area contributed by atoms with E-state index in [0.29, 0.717) is 22.1 Å². The number of rotatable bonds is 4. The predicted octanol–water partition coefficient (Wildman–Crippen LogP) is 5.45. The van der Waals surface area contributed by atoms with Crippen molar-refractivity contribution in [3.05, 3.63) is 87.8 Å². The number of hydrogen-bond acceptors (Lipinski definition) is 4. The van der Waals surface area contributed by atoms with Crippen LogP contribution in [0.15, 0.2) is 71.7 Å². The molecule has 1 fully saturated rings. The van der Waals surface area contributed by atoms with Gasteiger partial charge in [0, 0.05) is 22.5 Å². The highest BCUT2D eigenvalue weighted by Gasteiger charge is 2.16. The van der Waals surface area contributed by atoms with Gasteiger partial charge < -0.3 is 15.6 Å². The fourth-order valence-corrected chi connectivity index (χ4v) is 4.47. The quantitative estimate of drug-likeness (QED) is 0.402. The van der Waals surface area contributed by atoms with E-state index in [9.17, 15) is 4.79 Å². The molecule has 0 bridgehead atoms. The molecule has 0 radical (unpaired) electrons. The van der Waals surface area contributed by atoms with Crippen LogP contribution in [0.4, 0.5) is 11.5 Å². The lowest BCUT2D eigenvalue weighted by atomic mass is 9.90. The van der Waals surface area contributed by atoms with E-state index in [1.807, 2.05) is 36.4 Å². The number of benzene rings is 2. The van der Waals surface area contributed by atoms with Crippen LogP contribution in [-0.4, -0.2) is 23.1 Å². The van der Waals surface area contributed by atoms with Crippen molar-refractivity contribution in [3.8, 4) is 11.3 Å². The Balaban J connectivity index is 1.54. The lowest BCUT2D eigenvalue weighted by Gasteiger charge is -2.23. The third-order valence-corrected chi connectivity index (χ3v) is 6.22. The van der Waals surface area contributed by atoms with E-state index < -0.39 is 0 Å². The summed E-state index contributed by atoms with van der Waals surface area (Å²) in [5.74, 6) is 1.12. The fourth-order valence-electron chi connectivity index (χ4n) is 4.24. The highest BCUT2D eigenvalue weighted by molar-refractivity contribution is 6.33. The van der Waals surface area contributed by atoms with E-state index >= 15 is 0 Å². The highest BCUT2D eigenvalue weighted by atomic mass is 35.5. The topological polar surface area (TPSA) is 69.8 Å². The van der Waals surface area contributed by atoms with Gasteiger partial charge in [-0.15, -0.1) is 0 Å². The molecule has 31 heavy (non-hydrogen) atoms. The van der Waals surface area contributed by atoms with Crippen molar-refractivity contribution >= 4 is 33.9 Å². The first-order chi connectivity index (χ1) is 15.2. The Hall–Kier alpha value is -3.15. The Kier molecular flexibility index (Phi) is 5.45. The molecular weight excluding hydrogens is 408 g/mol. The number of nitrogens with zero attached hydrogens (tertiary/aromatic N) is 1.